The summed E-state index contributed by atoms with van der Waals surface area (Å²) < 4.78 is 38.0. The lowest BCUT2D eigenvalue weighted by Crippen LogP contribution is -2.42. The molecule has 1 aromatic carbocycles. The average molecular weight is 332 g/mol. The highest BCUT2D eigenvalue weighted by Gasteiger charge is 2.31. The van der Waals surface area contributed by atoms with Crippen LogP contribution >= 0.6 is 0 Å². The maximum Gasteiger partial charge on any atom is 0.416 e. The van der Waals surface area contributed by atoms with Crippen LogP contribution in [0.15, 0.2) is 18.2 Å². The van der Waals surface area contributed by atoms with E-state index in [1.165, 1.54) is 11.9 Å². The average Bonchev–Trinajstić information content (AvgIpc) is 2.50. The smallest absolute Gasteiger partial charge is 0.394 e. The Morgan fingerprint density at radius 3 is 2.57 bits per heavy atom. The number of aliphatic hydroxyl groups excluding tert-OH is 1. The second-order valence-electron chi connectivity index (χ2n) is 5.10. The lowest BCUT2D eigenvalue weighted by molar-refractivity contribution is -0.137. The highest BCUT2D eigenvalue weighted by Crippen LogP contribution is 2.32. The number of hydrogen-bond donors (Lipinski definition) is 2. The number of likely N-dealkylation sites (N-methyl/N-ethyl adjacent to an activating group) is 1. The van der Waals surface area contributed by atoms with Crippen molar-refractivity contribution in [1.29, 1.82) is 0 Å². The van der Waals surface area contributed by atoms with Gasteiger partial charge in [-0.05, 0) is 24.6 Å². The number of halogens is 3. The van der Waals surface area contributed by atoms with E-state index in [0.717, 1.165) is 18.2 Å². The van der Waals surface area contributed by atoms with Crippen LogP contribution in [0, 0.1) is 0 Å². The molecule has 1 rings (SSSR count). The zero-order valence-corrected chi connectivity index (χ0v) is 12.9. The van der Waals surface area contributed by atoms with E-state index in [1.807, 2.05) is 0 Å². The van der Waals surface area contributed by atoms with E-state index in [9.17, 15) is 22.8 Å². The minimum Gasteiger partial charge on any atom is -0.394 e. The number of rotatable bonds is 7. The van der Waals surface area contributed by atoms with Gasteiger partial charge >= 0.3 is 6.18 Å². The van der Waals surface area contributed by atoms with Gasteiger partial charge in [0.1, 0.15) is 0 Å². The number of amides is 1. The second-order valence-corrected chi connectivity index (χ2v) is 5.10. The van der Waals surface area contributed by atoms with Crippen LogP contribution in [-0.4, -0.2) is 43.5 Å². The summed E-state index contributed by atoms with van der Waals surface area (Å²) >= 11 is 0. The number of aldehydes is 1. The largest absolute Gasteiger partial charge is 0.416 e. The third-order valence-electron chi connectivity index (χ3n) is 3.35. The van der Waals surface area contributed by atoms with Gasteiger partial charge in [-0.25, -0.2) is 0 Å². The predicted molar refractivity (Wildman–Crippen MR) is 79.4 cm³/mol. The number of anilines is 1. The van der Waals surface area contributed by atoms with Crippen LogP contribution in [0.5, 0.6) is 0 Å². The van der Waals surface area contributed by atoms with Gasteiger partial charge < -0.3 is 15.3 Å². The summed E-state index contributed by atoms with van der Waals surface area (Å²) in [5.74, 6) is -0.398. The van der Waals surface area contributed by atoms with E-state index in [1.54, 1.807) is 6.92 Å². The van der Waals surface area contributed by atoms with Gasteiger partial charge in [0.25, 0.3) is 0 Å². The lowest BCUT2D eigenvalue weighted by Gasteiger charge is -2.23. The van der Waals surface area contributed by atoms with Crippen LogP contribution in [0.2, 0.25) is 0 Å². The Labute approximate surface area is 132 Å². The normalized spacial score (nSPS) is 12.6. The zero-order chi connectivity index (χ0) is 17.6. The third kappa shape index (κ3) is 5.24. The minimum absolute atomic E-state index is 0.149. The Balaban J connectivity index is 2.89. The van der Waals surface area contributed by atoms with E-state index in [-0.39, 0.29) is 30.4 Å². The van der Waals surface area contributed by atoms with E-state index in [0.29, 0.717) is 12.7 Å². The molecule has 0 radical (unpaired) electrons. The molecule has 1 unspecified atom stereocenters. The van der Waals surface area contributed by atoms with Gasteiger partial charge in [-0.1, -0.05) is 6.92 Å². The minimum atomic E-state index is -4.54. The molecule has 1 atom stereocenters. The van der Waals surface area contributed by atoms with Crippen molar-refractivity contribution in [2.24, 2.45) is 0 Å². The number of nitrogens with zero attached hydrogens (tertiary/aromatic N) is 1. The number of alkyl halides is 3. The molecule has 0 aliphatic carbocycles. The summed E-state index contributed by atoms with van der Waals surface area (Å²) in [4.78, 5) is 24.3. The number of carbonyl (C=O) groups excluding carboxylic acids is 2. The molecule has 0 saturated carbocycles. The fourth-order valence-electron chi connectivity index (χ4n) is 2.02. The maximum absolute atomic E-state index is 12.7. The first kappa shape index (κ1) is 19.0. The summed E-state index contributed by atoms with van der Waals surface area (Å²) in [6, 6.07) is 2.39. The Morgan fingerprint density at radius 2 is 2.09 bits per heavy atom. The first-order valence-electron chi connectivity index (χ1n) is 7.00. The van der Waals surface area contributed by atoms with E-state index < -0.39 is 17.6 Å². The van der Waals surface area contributed by atoms with Gasteiger partial charge in [-0.3, -0.25) is 9.59 Å². The number of carbonyl (C=O) groups is 2. The Hall–Kier alpha value is -2.09. The lowest BCUT2D eigenvalue weighted by atomic mass is 10.1. The molecule has 2 N–H and O–H groups in total. The van der Waals surface area contributed by atoms with Gasteiger partial charge in [-0.15, -0.1) is 0 Å². The number of benzene rings is 1. The molecule has 0 aliphatic heterocycles. The molecule has 1 aromatic rings. The highest BCUT2D eigenvalue weighted by atomic mass is 19.4. The van der Waals surface area contributed by atoms with Crippen LogP contribution in [-0.2, 0) is 11.0 Å². The maximum atomic E-state index is 12.7. The fraction of sp³-hybridized carbons (Fsp3) is 0.467. The van der Waals surface area contributed by atoms with Crippen molar-refractivity contribution in [2.75, 3.05) is 25.1 Å². The van der Waals surface area contributed by atoms with Crippen molar-refractivity contribution in [3.05, 3.63) is 29.3 Å². The summed E-state index contributed by atoms with van der Waals surface area (Å²) in [6.45, 7) is 1.44. The van der Waals surface area contributed by atoms with Gasteiger partial charge in [0, 0.05) is 18.3 Å². The molecule has 0 spiro atoms. The van der Waals surface area contributed by atoms with Crippen molar-refractivity contribution >= 4 is 17.9 Å². The van der Waals surface area contributed by atoms with Crippen LogP contribution in [0.1, 0.15) is 29.3 Å². The summed E-state index contributed by atoms with van der Waals surface area (Å²) in [5, 5.41) is 11.6. The number of aliphatic hydroxyl groups is 1. The van der Waals surface area contributed by atoms with Crippen molar-refractivity contribution in [2.45, 2.75) is 25.6 Å². The van der Waals surface area contributed by atoms with Gasteiger partial charge in [0.15, 0.2) is 6.29 Å². The molecule has 0 aliphatic rings. The van der Waals surface area contributed by atoms with Crippen LogP contribution in [0.3, 0.4) is 0 Å². The molecule has 0 saturated heterocycles. The van der Waals surface area contributed by atoms with Crippen molar-refractivity contribution in [1.82, 2.24) is 5.32 Å². The Bertz CT molecular complexity index is 557. The molecule has 0 aromatic heterocycles. The van der Waals surface area contributed by atoms with Gasteiger partial charge in [0.2, 0.25) is 5.91 Å². The second kappa shape index (κ2) is 7.96. The highest BCUT2D eigenvalue weighted by molar-refractivity contribution is 5.88. The van der Waals surface area contributed by atoms with Crippen LogP contribution in [0.25, 0.3) is 0 Å². The number of hydrogen-bond acceptors (Lipinski definition) is 4. The molecule has 0 bridgehead atoms. The van der Waals surface area contributed by atoms with Crippen LogP contribution in [0.4, 0.5) is 18.9 Å². The SMILES string of the molecule is CCC(CO)NC(=O)CN(C)c1ccc(C(F)(F)F)cc1C=O. The van der Waals surface area contributed by atoms with Crippen molar-refractivity contribution < 1.29 is 27.9 Å². The van der Waals surface area contributed by atoms with Crippen LogP contribution < -0.4 is 10.2 Å². The molecule has 0 heterocycles. The van der Waals surface area contributed by atoms with Crippen molar-refractivity contribution in [3.8, 4) is 0 Å². The fourth-order valence-corrected chi connectivity index (χ4v) is 2.02. The first-order valence-corrected chi connectivity index (χ1v) is 7.00. The summed E-state index contributed by atoms with van der Waals surface area (Å²) in [5.41, 5.74) is -0.850. The molecule has 1 amide bonds. The molecule has 23 heavy (non-hydrogen) atoms. The standard InChI is InChI=1S/C15H19F3N2O3/c1-3-12(9-22)19-14(23)7-20(2)13-5-4-11(15(16,17)18)6-10(13)8-21/h4-6,8,12,22H,3,7,9H2,1-2H3,(H,19,23). The van der Waals surface area contributed by atoms with Gasteiger partial charge in [0.05, 0.1) is 24.8 Å². The Morgan fingerprint density at radius 1 is 1.43 bits per heavy atom. The zero-order valence-electron chi connectivity index (χ0n) is 12.9. The monoisotopic (exact) mass is 332 g/mol. The molecular formula is C15H19F3N2O3. The predicted octanol–water partition coefficient (Wildman–Crippen LogP) is 1.84. The molecule has 128 valence electrons. The third-order valence-corrected chi connectivity index (χ3v) is 3.35. The van der Waals surface area contributed by atoms with E-state index in [2.05, 4.69) is 5.32 Å². The molecule has 0 fully saturated rings. The first-order chi connectivity index (χ1) is 10.7. The molecular weight excluding hydrogens is 313 g/mol. The Kier molecular flexibility index (Phi) is 6.56. The van der Waals surface area contributed by atoms with Gasteiger partial charge in [-0.2, -0.15) is 13.2 Å². The summed E-state index contributed by atoms with van der Waals surface area (Å²) in [7, 11) is 1.50. The topological polar surface area (TPSA) is 69.6 Å². The molecule has 8 heteroatoms. The van der Waals surface area contributed by atoms with E-state index >= 15 is 0 Å². The van der Waals surface area contributed by atoms with Crippen molar-refractivity contribution in [3.63, 3.8) is 0 Å². The van der Waals surface area contributed by atoms with E-state index in [4.69, 9.17) is 5.11 Å². The number of nitrogens with one attached hydrogen (secondary N) is 1. The quantitative estimate of drug-likeness (QED) is 0.748. The summed E-state index contributed by atoms with van der Waals surface area (Å²) in [6.07, 6.45) is -3.67. The molecule has 5 nitrogen and oxygen atoms in total.